The maximum atomic E-state index is 4.46. The standard InChI is InChI=1S/C13H16N4/c1-9-7-17(2)6-4-10(9)12-11-3-5-14-13(11)16-8-15-12/h3-5,8-9H,6-7H2,1-2H3,(H,14,15,16). The molecule has 2 aromatic rings. The molecule has 3 heterocycles. The third-order valence-electron chi connectivity index (χ3n) is 3.37. The van der Waals surface area contributed by atoms with E-state index in [-0.39, 0.29) is 0 Å². The smallest absolute Gasteiger partial charge is 0.141 e. The molecule has 0 radical (unpaired) electrons. The first-order valence-electron chi connectivity index (χ1n) is 5.93. The van der Waals surface area contributed by atoms with E-state index in [4.69, 9.17) is 0 Å². The first kappa shape index (κ1) is 10.5. The van der Waals surface area contributed by atoms with Crippen LogP contribution in [0.15, 0.2) is 24.7 Å². The SMILES string of the molecule is CC1CN(C)CC=C1c1ncnc2[nH]ccc12. The largest absolute Gasteiger partial charge is 0.346 e. The Morgan fingerprint density at radius 3 is 3.12 bits per heavy atom. The molecule has 1 aliphatic rings. The molecule has 0 aliphatic carbocycles. The van der Waals surface area contributed by atoms with Gasteiger partial charge in [0.25, 0.3) is 0 Å². The Labute approximate surface area is 100 Å². The summed E-state index contributed by atoms with van der Waals surface area (Å²) in [5, 5.41) is 1.12. The molecule has 4 nitrogen and oxygen atoms in total. The van der Waals surface area contributed by atoms with Crippen LogP contribution in [0.25, 0.3) is 16.6 Å². The van der Waals surface area contributed by atoms with Crippen molar-refractivity contribution in [3.05, 3.63) is 30.4 Å². The Morgan fingerprint density at radius 1 is 1.41 bits per heavy atom. The Hall–Kier alpha value is -1.68. The molecule has 1 atom stereocenters. The summed E-state index contributed by atoms with van der Waals surface area (Å²) < 4.78 is 0. The van der Waals surface area contributed by atoms with E-state index in [1.807, 2.05) is 6.20 Å². The lowest BCUT2D eigenvalue weighted by molar-refractivity contribution is 0.329. The summed E-state index contributed by atoms with van der Waals surface area (Å²) >= 11 is 0. The molecule has 0 saturated heterocycles. The van der Waals surface area contributed by atoms with Gasteiger partial charge in [0.15, 0.2) is 0 Å². The van der Waals surface area contributed by atoms with Crippen LogP contribution in [0.2, 0.25) is 0 Å². The molecule has 17 heavy (non-hydrogen) atoms. The van der Waals surface area contributed by atoms with Crippen molar-refractivity contribution < 1.29 is 0 Å². The molecule has 2 aromatic heterocycles. The van der Waals surface area contributed by atoms with Gasteiger partial charge in [0, 0.05) is 24.7 Å². The van der Waals surface area contributed by atoms with Crippen LogP contribution in [0.1, 0.15) is 12.6 Å². The highest BCUT2D eigenvalue weighted by atomic mass is 15.1. The van der Waals surface area contributed by atoms with Gasteiger partial charge >= 0.3 is 0 Å². The molecule has 1 unspecified atom stereocenters. The van der Waals surface area contributed by atoms with Gasteiger partial charge < -0.3 is 9.88 Å². The summed E-state index contributed by atoms with van der Waals surface area (Å²) in [7, 11) is 2.15. The minimum absolute atomic E-state index is 0.516. The Bertz CT molecular complexity index is 570. The van der Waals surface area contributed by atoms with E-state index >= 15 is 0 Å². The maximum absolute atomic E-state index is 4.46. The minimum atomic E-state index is 0.516. The molecular weight excluding hydrogens is 212 g/mol. The molecule has 1 N–H and O–H groups in total. The van der Waals surface area contributed by atoms with Gasteiger partial charge in [-0.2, -0.15) is 0 Å². The fraction of sp³-hybridized carbons (Fsp3) is 0.385. The molecule has 0 saturated carbocycles. The quantitative estimate of drug-likeness (QED) is 0.811. The second kappa shape index (κ2) is 3.96. The Kier molecular flexibility index (Phi) is 2.44. The zero-order valence-electron chi connectivity index (χ0n) is 10.1. The zero-order chi connectivity index (χ0) is 11.8. The Balaban J connectivity index is 2.12. The summed E-state index contributed by atoms with van der Waals surface area (Å²) in [6, 6.07) is 2.05. The summed E-state index contributed by atoms with van der Waals surface area (Å²) in [6.45, 7) is 4.33. The highest BCUT2D eigenvalue weighted by Crippen LogP contribution is 2.29. The molecule has 4 heteroatoms. The number of aromatic amines is 1. The van der Waals surface area contributed by atoms with Gasteiger partial charge in [0.05, 0.1) is 5.69 Å². The molecular formula is C13H16N4. The molecule has 0 aromatic carbocycles. The van der Waals surface area contributed by atoms with Crippen LogP contribution in [-0.4, -0.2) is 40.0 Å². The molecule has 0 fully saturated rings. The van der Waals surface area contributed by atoms with Crippen molar-refractivity contribution in [2.24, 2.45) is 5.92 Å². The number of rotatable bonds is 1. The zero-order valence-corrected chi connectivity index (χ0v) is 10.1. The van der Waals surface area contributed by atoms with Gasteiger partial charge in [-0.1, -0.05) is 13.0 Å². The highest BCUT2D eigenvalue weighted by molar-refractivity contribution is 5.88. The van der Waals surface area contributed by atoms with Crippen molar-refractivity contribution in [3.8, 4) is 0 Å². The van der Waals surface area contributed by atoms with Crippen LogP contribution in [0.5, 0.6) is 0 Å². The van der Waals surface area contributed by atoms with Crippen molar-refractivity contribution in [1.29, 1.82) is 0 Å². The summed E-state index contributed by atoms with van der Waals surface area (Å²) in [4.78, 5) is 14.1. The number of aromatic nitrogens is 3. The monoisotopic (exact) mass is 228 g/mol. The number of hydrogen-bond acceptors (Lipinski definition) is 3. The number of likely N-dealkylation sites (N-methyl/N-ethyl adjacent to an activating group) is 1. The van der Waals surface area contributed by atoms with Gasteiger partial charge in [0.1, 0.15) is 12.0 Å². The average molecular weight is 228 g/mol. The first-order valence-corrected chi connectivity index (χ1v) is 5.93. The van der Waals surface area contributed by atoms with E-state index in [2.05, 4.69) is 46.0 Å². The molecule has 0 spiro atoms. The van der Waals surface area contributed by atoms with Crippen molar-refractivity contribution in [1.82, 2.24) is 19.9 Å². The summed E-state index contributed by atoms with van der Waals surface area (Å²) in [5.41, 5.74) is 3.34. The van der Waals surface area contributed by atoms with Crippen molar-refractivity contribution in [2.45, 2.75) is 6.92 Å². The van der Waals surface area contributed by atoms with E-state index in [0.29, 0.717) is 5.92 Å². The summed E-state index contributed by atoms with van der Waals surface area (Å²) in [6.07, 6.45) is 5.84. The fourth-order valence-electron chi connectivity index (χ4n) is 2.53. The van der Waals surface area contributed by atoms with Gasteiger partial charge in [-0.3, -0.25) is 0 Å². The topological polar surface area (TPSA) is 44.8 Å². The lowest BCUT2D eigenvalue weighted by Crippen LogP contribution is -2.29. The van der Waals surface area contributed by atoms with E-state index in [1.165, 1.54) is 5.57 Å². The summed E-state index contributed by atoms with van der Waals surface area (Å²) in [5.74, 6) is 0.516. The van der Waals surface area contributed by atoms with Gasteiger partial charge in [0.2, 0.25) is 0 Å². The van der Waals surface area contributed by atoms with Gasteiger partial charge in [-0.15, -0.1) is 0 Å². The third-order valence-corrected chi connectivity index (χ3v) is 3.37. The predicted molar refractivity (Wildman–Crippen MR) is 68.5 cm³/mol. The molecule has 88 valence electrons. The molecule has 0 bridgehead atoms. The Morgan fingerprint density at radius 2 is 2.29 bits per heavy atom. The maximum Gasteiger partial charge on any atom is 0.141 e. The van der Waals surface area contributed by atoms with Crippen molar-refractivity contribution in [2.75, 3.05) is 20.1 Å². The minimum Gasteiger partial charge on any atom is -0.346 e. The second-order valence-corrected chi connectivity index (χ2v) is 4.74. The number of H-pyrrole nitrogens is 1. The first-order chi connectivity index (χ1) is 8.25. The van der Waals surface area contributed by atoms with Gasteiger partial charge in [-0.25, -0.2) is 9.97 Å². The molecule has 3 rings (SSSR count). The number of nitrogens with one attached hydrogen (secondary N) is 1. The van der Waals surface area contributed by atoms with Crippen LogP contribution in [0, 0.1) is 5.92 Å². The molecule has 1 aliphatic heterocycles. The highest BCUT2D eigenvalue weighted by Gasteiger charge is 2.20. The fourth-order valence-corrected chi connectivity index (χ4v) is 2.53. The number of nitrogens with zero attached hydrogens (tertiary/aromatic N) is 3. The number of fused-ring (bicyclic) bond motifs is 1. The predicted octanol–water partition coefficient (Wildman–Crippen LogP) is 1.92. The van der Waals surface area contributed by atoms with Crippen LogP contribution in [0.4, 0.5) is 0 Å². The van der Waals surface area contributed by atoms with E-state index in [1.54, 1.807) is 6.33 Å². The van der Waals surface area contributed by atoms with E-state index in [0.717, 1.165) is 29.8 Å². The van der Waals surface area contributed by atoms with Crippen molar-refractivity contribution >= 4 is 16.6 Å². The number of hydrogen-bond donors (Lipinski definition) is 1. The second-order valence-electron chi connectivity index (χ2n) is 4.74. The lowest BCUT2D eigenvalue weighted by atomic mass is 9.93. The van der Waals surface area contributed by atoms with Crippen LogP contribution in [-0.2, 0) is 0 Å². The average Bonchev–Trinajstić information content (AvgIpc) is 2.77. The van der Waals surface area contributed by atoms with Gasteiger partial charge in [-0.05, 0) is 24.6 Å². The van der Waals surface area contributed by atoms with Crippen LogP contribution < -0.4 is 0 Å². The van der Waals surface area contributed by atoms with E-state index in [9.17, 15) is 0 Å². The van der Waals surface area contributed by atoms with Crippen molar-refractivity contribution in [3.63, 3.8) is 0 Å². The van der Waals surface area contributed by atoms with E-state index < -0.39 is 0 Å². The lowest BCUT2D eigenvalue weighted by Gasteiger charge is -2.27. The normalized spacial score (nSPS) is 21.8. The molecule has 0 amide bonds. The van der Waals surface area contributed by atoms with Crippen LogP contribution in [0.3, 0.4) is 0 Å². The van der Waals surface area contributed by atoms with Crippen LogP contribution >= 0.6 is 0 Å². The third kappa shape index (κ3) is 1.74.